The van der Waals surface area contributed by atoms with Gasteiger partial charge in [-0.25, -0.2) is 8.78 Å². The fraction of sp³-hybridized carbons (Fsp3) is 0.417. The van der Waals surface area contributed by atoms with E-state index in [0.29, 0.717) is 31.5 Å². The van der Waals surface area contributed by atoms with Gasteiger partial charge >= 0.3 is 0 Å². The van der Waals surface area contributed by atoms with E-state index in [1.165, 1.54) is 36.4 Å². The maximum Gasteiger partial charge on any atom is 0.251 e. The number of halogens is 2. The van der Waals surface area contributed by atoms with Gasteiger partial charge < -0.3 is 15.1 Å². The van der Waals surface area contributed by atoms with Crippen LogP contribution in [0.25, 0.3) is 0 Å². The summed E-state index contributed by atoms with van der Waals surface area (Å²) in [6.07, 6.45) is 1.13. The predicted molar refractivity (Wildman–Crippen MR) is 114 cm³/mol. The van der Waals surface area contributed by atoms with Crippen LogP contribution < -0.4 is 5.32 Å². The number of amides is 2. The maximum atomic E-state index is 13.5. The summed E-state index contributed by atoms with van der Waals surface area (Å²) in [4.78, 5) is 30.1. The Morgan fingerprint density at radius 1 is 0.871 bits per heavy atom. The number of likely N-dealkylation sites (N-methyl/N-ethyl adjacent to an activating group) is 1. The lowest BCUT2D eigenvalue weighted by Crippen LogP contribution is -2.49. The Morgan fingerprint density at radius 2 is 1.45 bits per heavy atom. The zero-order valence-electron chi connectivity index (χ0n) is 17.6. The molecule has 1 aliphatic heterocycles. The summed E-state index contributed by atoms with van der Waals surface area (Å²) in [6, 6.07) is 11.5. The number of carbonyl (C=O) groups excluding carboxylic acids is 2. The van der Waals surface area contributed by atoms with E-state index in [9.17, 15) is 18.4 Å². The van der Waals surface area contributed by atoms with Crippen molar-refractivity contribution >= 4 is 11.8 Å². The van der Waals surface area contributed by atoms with Gasteiger partial charge in [-0.3, -0.25) is 9.59 Å². The standard InChI is InChI=1S/C24H27F2N3O2/c1-28-10-12-29(13-11-28)24(31)22-15-20(14-21(22)16-2-6-18(25)7-3-16)27-23(30)17-4-8-19(26)9-5-17/h2-9,20-22H,10-15H2,1H3,(H,27,30)/t20-,21+,22-/m0/s1. The maximum absolute atomic E-state index is 13.5. The van der Waals surface area contributed by atoms with Gasteiger partial charge in [-0.15, -0.1) is 0 Å². The number of carbonyl (C=O) groups is 2. The van der Waals surface area contributed by atoms with Crippen LogP contribution in [-0.4, -0.2) is 60.9 Å². The van der Waals surface area contributed by atoms with Crippen molar-refractivity contribution in [2.75, 3.05) is 33.2 Å². The monoisotopic (exact) mass is 427 g/mol. The fourth-order valence-electron chi connectivity index (χ4n) is 4.64. The van der Waals surface area contributed by atoms with Gasteiger partial charge in [0.2, 0.25) is 5.91 Å². The highest BCUT2D eigenvalue weighted by atomic mass is 19.1. The van der Waals surface area contributed by atoms with Crippen LogP contribution in [0.2, 0.25) is 0 Å². The van der Waals surface area contributed by atoms with Gasteiger partial charge in [0.05, 0.1) is 0 Å². The van der Waals surface area contributed by atoms with Crippen LogP contribution in [0.15, 0.2) is 48.5 Å². The number of nitrogens with zero attached hydrogens (tertiary/aromatic N) is 2. The third kappa shape index (κ3) is 4.93. The summed E-state index contributed by atoms with van der Waals surface area (Å²) >= 11 is 0. The van der Waals surface area contributed by atoms with Crippen molar-refractivity contribution in [2.45, 2.75) is 24.8 Å². The molecule has 0 bridgehead atoms. The Hall–Kier alpha value is -2.80. The zero-order valence-corrected chi connectivity index (χ0v) is 17.6. The third-order valence-electron chi connectivity index (χ3n) is 6.43. The number of piperazine rings is 1. The minimum absolute atomic E-state index is 0.0914. The summed E-state index contributed by atoms with van der Waals surface area (Å²) in [6.45, 7) is 3.05. The van der Waals surface area contributed by atoms with E-state index >= 15 is 0 Å². The minimum atomic E-state index is -0.397. The average molecular weight is 427 g/mol. The van der Waals surface area contributed by atoms with Crippen LogP contribution in [0.4, 0.5) is 8.78 Å². The number of rotatable bonds is 4. The van der Waals surface area contributed by atoms with E-state index in [4.69, 9.17) is 0 Å². The molecule has 7 heteroatoms. The molecule has 31 heavy (non-hydrogen) atoms. The van der Waals surface area contributed by atoms with E-state index in [-0.39, 0.29) is 35.5 Å². The smallest absolute Gasteiger partial charge is 0.251 e. The quantitative estimate of drug-likeness (QED) is 0.816. The summed E-state index contributed by atoms with van der Waals surface area (Å²) in [5.41, 5.74) is 1.29. The SMILES string of the molecule is CN1CCN(C(=O)[C@H]2C[C@@H](NC(=O)c3ccc(F)cc3)C[C@@H]2c2ccc(F)cc2)CC1. The molecule has 3 atom stereocenters. The first kappa shape index (κ1) is 21.4. The molecule has 4 rings (SSSR count). The van der Waals surface area contributed by atoms with Gasteiger partial charge in [0, 0.05) is 43.7 Å². The van der Waals surface area contributed by atoms with Crippen molar-refractivity contribution < 1.29 is 18.4 Å². The molecule has 0 radical (unpaired) electrons. The molecule has 2 fully saturated rings. The van der Waals surface area contributed by atoms with E-state index in [1.807, 2.05) is 11.9 Å². The minimum Gasteiger partial charge on any atom is -0.349 e. The predicted octanol–water partition coefficient (Wildman–Crippen LogP) is 3.03. The molecule has 0 aromatic heterocycles. The van der Waals surface area contributed by atoms with E-state index < -0.39 is 5.82 Å². The zero-order chi connectivity index (χ0) is 22.0. The van der Waals surface area contributed by atoms with Crippen LogP contribution in [0.1, 0.15) is 34.7 Å². The highest BCUT2D eigenvalue weighted by Crippen LogP contribution is 2.41. The lowest BCUT2D eigenvalue weighted by atomic mass is 9.87. The molecule has 2 aliphatic rings. The summed E-state index contributed by atoms with van der Waals surface area (Å²) in [5, 5.41) is 3.01. The van der Waals surface area contributed by atoms with Gasteiger partial charge in [-0.05, 0) is 67.8 Å². The van der Waals surface area contributed by atoms with Crippen LogP contribution in [-0.2, 0) is 4.79 Å². The highest BCUT2D eigenvalue weighted by Gasteiger charge is 2.42. The summed E-state index contributed by atoms with van der Waals surface area (Å²) in [5.74, 6) is -1.26. The molecule has 1 heterocycles. The Bertz CT molecular complexity index is 925. The Kier molecular flexibility index (Phi) is 6.32. The van der Waals surface area contributed by atoms with Crippen molar-refractivity contribution in [1.82, 2.24) is 15.1 Å². The van der Waals surface area contributed by atoms with Crippen molar-refractivity contribution in [1.29, 1.82) is 0 Å². The van der Waals surface area contributed by atoms with Gasteiger partial charge in [0.15, 0.2) is 0 Å². The Morgan fingerprint density at radius 3 is 2.06 bits per heavy atom. The molecule has 0 spiro atoms. The number of benzene rings is 2. The lowest BCUT2D eigenvalue weighted by Gasteiger charge is -2.35. The van der Waals surface area contributed by atoms with Crippen LogP contribution in [0.3, 0.4) is 0 Å². The molecule has 2 amide bonds. The Labute approximate surface area is 181 Å². The highest BCUT2D eigenvalue weighted by molar-refractivity contribution is 5.94. The molecule has 5 nitrogen and oxygen atoms in total. The summed E-state index contributed by atoms with van der Waals surface area (Å²) in [7, 11) is 2.04. The first-order chi connectivity index (χ1) is 14.9. The molecular formula is C24H27F2N3O2. The molecule has 1 saturated carbocycles. The van der Waals surface area contributed by atoms with Gasteiger partial charge in [0.25, 0.3) is 5.91 Å². The molecule has 2 aromatic carbocycles. The molecular weight excluding hydrogens is 400 g/mol. The van der Waals surface area contributed by atoms with Crippen LogP contribution >= 0.6 is 0 Å². The molecule has 2 aromatic rings. The molecule has 164 valence electrons. The van der Waals surface area contributed by atoms with E-state index in [2.05, 4.69) is 10.2 Å². The van der Waals surface area contributed by atoms with Gasteiger partial charge in [-0.2, -0.15) is 0 Å². The number of nitrogens with one attached hydrogen (secondary N) is 1. The second-order valence-corrected chi connectivity index (χ2v) is 8.54. The van der Waals surface area contributed by atoms with Crippen LogP contribution in [0, 0.1) is 17.6 Å². The second-order valence-electron chi connectivity index (χ2n) is 8.54. The normalized spacial score (nSPS) is 24.2. The van der Waals surface area contributed by atoms with Crippen LogP contribution in [0.5, 0.6) is 0 Å². The fourth-order valence-corrected chi connectivity index (χ4v) is 4.64. The van der Waals surface area contributed by atoms with Gasteiger partial charge in [0.1, 0.15) is 11.6 Å². The third-order valence-corrected chi connectivity index (χ3v) is 6.43. The number of hydrogen-bond donors (Lipinski definition) is 1. The molecule has 0 unspecified atom stereocenters. The average Bonchev–Trinajstić information content (AvgIpc) is 3.18. The number of hydrogen-bond acceptors (Lipinski definition) is 3. The van der Waals surface area contributed by atoms with Crippen molar-refractivity contribution in [3.63, 3.8) is 0 Å². The van der Waals surface area contributed by atoms with Crippen molar-refractivity contribution in [2.24, 2.45) is 5.92 Å². The molecule has 1 N–H and O–H groups in total. The second kappa shape index (κ2) is 9.14. The molecule has 1 saturated heterocycles. The van der Waals surface area contributed by atoms with E-state index in [0.717, 1.165) is 18.7 Å². The first-order valence-electron chi connectivity index (χ1n) is 10.7. The van der Waals surface area contributed by atoms with Crippen molar-refractivity contribution in [3.8, 4) is 0 Å². The van der Waals surface area contributed by atoms with Crippen molar-refractivity contribution in [3.05, 3.63) is 71.3 Å². The Balaban J connectivity index is 1.51. The van der Waals surface area contributed by atoms with E-state index in [1.54, 1.807) is 12.1 Å². The summed E-state index contributed by atoms with van der Waals surface area (Å²) < 4.78 is 26.6. The van der Waals surface area contributed by atoms with Gasteiger partial charge in [-0.1, -0.05) is 12.1 Å². The lowest BCUT2D eigenvalue weighted by molar-refractivity contribution is -0.137. The largest absolute Gasteiger partial charge is 0.349 e. The first-order valence-corrected chi connectivity index (χ1v) is 10.7. The topological polar surface area (TPSA) is 52.6 Å². The molecule has 1 aliphatic carbocycles.